The Balaban J connectivity index is 1.50. The Bertz CT molecular complexity index is 403. The molecule has 2 fully saturated rings. The fourth-order valence-corrected chi connectivity index (χ4v) is 3.94. The van der Waals surface area contributed by atoms with Crippen LogP contribution in [-0.2, 0) is 6.42 Å². The quantitative estimate of drug-likeness (QED) is 0.812. The van der Waals surface area contributed by atoms with Crippen molar-refractivity contribution in [2.24, 2.45) is 0 Å². The first kappa shape index (κ1) is 14.1. The van der Waals surface area contributed by atoms with Gasteiger partial charge in [-0.3, -0.25) is 9.80 Å². The second-order valence-electron chi connectivity index (χ2n) is 6.44. The summed E-state index contributed by atoms with van der Waals surface area (Å²) >= 11 is 0. The number of nitrogens with zero attached hydrogens (tertiary/aromatic N) is 2. The van der Waals surface area contributed by atoms with E-state index in [2.05, 4.69) is 47.1 Å². The highest BCUT2D eigenvalue weighted by Crippen LogP contribution is 2.26. The lowest BCUT2D eigenvalue weighted by atomic mass is 10.0. The highest BCUT2D eigenvalue weighted by molar-refractivity contribution is 5.14. The Hall–Kier alpha value is -0.860. The molecule has 2 nitrogen and oxygen atoms in total. The number of aryl methyl sites for hydroxylation is 1. The zero-order chi connectivity index (χ0) is 13.8. The first-order valence-corrected chi connectivity index (χ1v) is 8.39. The third kappa shape index (κ3) is 3.24. The highest BCUT2D eigenvalue weighted by Gasteiger charge is 2.34. The summed E-state index contributed by atoms with van der Waals surface area (Å²) in [5.74, 6) is 0. The van der Waals surface area contributed by atoms with Gasteiger partial charge < -0.3 is 0 Å². The van der Waals surface area contributed by atoms with Gasteiger partial charge in [-0.05, 0) is 50.8 Å². The van der Waals surface area contributed by atoms with Crippen LogP contribution >= 0.6 is 0 Å². The molecular formula is C18H28N2. The molecule has 2 heteroatoms. The molecule has 0 N–H and O–H groups in total. The van der Waals surface area contributed by atoms with Crippen LogP contribution in [0.5, 0.6) is 0 Å². The van der Waals surface area contributed by atoms with Crippen LogP contribution in [0.3, 0.4) is 0 Å². The molecule has 110 valence electrons. The summed E-state index contributed by atoms with van der Waals surface area (Å²) in [6, 6.07) is 12.6. The van der Waals surface area contributed by atoms with E-state index in [0.717, 1.165) is 12.1 Å². The summed E-state index contributed by atoms with van der Waals surface area (Å²) in [5.41, 5.74) is 1.49. The second kappa shape index (κ2) is 6.73. The molecule has 2 atom stereocenters. The molecule has 1 aromatic rings. The Morgan fingerprint density at radius 3 is 2.80 bits per heavy atom. The lowest BCUT2D eigenvalue weighted by Crippen LogP contribution is -2.55. The number of hydrogen-bond donors (Lipinski definition) is 0. The maximum atomic E-state index is 2.77. The molecule has 0 aliphatic carbocycles. The Morgan fingerprint density at radius 2 is 2.00 bits per heavy atom. The van der Waals surface area contributed by atoms with E-state index in [1.165, 1.54) is 63.8 Å². The molecule has 2 aliphatic rings. The Labute approximate surface area is 123 Å². The minimum absolute atomic E-state index is 0.792. The van der Waals surface area contributed by atoms with Crippen LogP contribution in [0.15, 0.2) is 30.3 Å². The van der Waals surface area contributed by atoms with Crippen LogP contribution in [0.1, 0.15) is 38.2 Å². The molecule has 20 heavy (non-hydrogen) atoms. The maximum Gasteiger partial charge on any atom is 0.0224 e. The van der Waals surface area contributed by atoms with E-state index >= 15 is 0 Å². The van der Waals surface area contributed by atoms with E-state index in [4.69, 9.17) is 0 Å². The zero-order valence-corrected chi connectivity index (χ0v) is 12.8. The standard InChI is InChI=1S/C18H28N2/c1-2-17-14-20-13-7-11-18(20)15-19(17)12-6-10-16-8-4-3-5-9-16/h3-5,8-9,17-18H,2,6-7,10-15H2,1H3. The largest absolute Gasteiger partial charge is 0.298 e. The first-order chi connectivity index (χ1) is 9.86. The molecule has 2 heterocycles. The minimum Gasteiger partial charge on any atom is -0.298 e. The van der Waals surface area contributed by atoms with Crippen molar-refractivity contribution in [3.8, 4) is 0 Å². The zero-order valence-electron chi connectivity index (χ0n) is 12.8. The third-order valence-corrected chi connectivity index (χ3v) is 5.13. The van der Waals surface area contributed by atoms with E-state index < -0.39 is 0 Å². The fraction of sp³-hybridized carbons (Fsp3) is 0.667. The second-order valence-corrected chi connectivity index (χ2v) is 6.44. The number of hydrogen-bond acceptors (Lipinski definition) is 2. The van der Waals surface area contributed by atoms with Crippen LogP contribution in [0.2, 0.25) is 0 Å². The molecule has 0 amide bonds. The van der Waals surface area contributed by atoms with Crippen molar-refractivity contribution >= 4 is 0 Å². The van der Waals surface area contributed by atoms with E-state index in [0.29, 0.717) is 0 Å². The summed E-state index contributed by atoms with van der Waals surface area (Å²) in [7, 11) is 0. The number of benzene rings is 1. The number of rotatable bonds is 5. The predicted molar refractivity (Wildman–Crippen MR) is 85.0 cm³/mol. The van der Waals surface area contributed by atoms with Crippen LogP contribution in [0.4, 0.5) is 0 Å². The van der Waals surface area contributed by atoms with Gasteiger partial charge in [0, 0.05) is 25.2 Å². The average Bonchev–Trinajstić information content (AvgIpc) is 2.94. The van der Waals surface area contributed by atoms with Gasteiger partial charge in [-0.1, -0.05) is 37.3 Å². The normalized spacial score (nSPS) is 27.6. The lowest BCUT2D eigenvalue weighted by molar-refractivity contribution is 0.0486. The molecule has 1 aromatic carbocycles. The van der Waals surface area contributed by atoms with Crippen LogP contribution < -0.4 is 0 Å². The van der Waals surface area contributed by atoms with Gasteiger partial charge in [-0.15, -0.1) is 0 Å². The summed E-state index contributed by atoms with van der Waals surface area (Å²) in [6.45, 7) is 7.60. The van der Waals surface area contributed by atoms with Crippen molar-refractivity contribution < 1.29 is 0 Å². The van der Waals surface area contributed by atoms with E-state index in [9.17, 15) is 0 Å². The van der Waals surface area contributed by atoms with Crippen molar-refractivity contribution in [3.05, 3.63) is 35.9 Å². The smallest absolute Gasteiger partial charge is 0.0224 e. The van der Waals surface area contributed by atoms with Crippen molar-refractivity contribution in [3.63, 3.8) is 0 Å². The Kier molecular flexibility index (Phi) is 4.74. The van der Waals surface area contributed by atoms with E-state index in [-0.39, 0.29) is 0 Å². The fourth-order valence-electron chi connectivity index (χ4n) is 3.94. The molecule has 2 aliphatic heterocycles. The SMILES string of the molecule is CCC1CN2CCCC2CN1CCCc1ccccc1. The summed E-state index contributed by atoms with van der Waals surface area (Å²) in [6.07, 6.45) is 6.66. The van der Waals surface area contributed by atoms with Gasteiger partial charge in [0.25, 0.3) is 0 Å². The Morgan fingerprint density at radius 1 is 1.15 bits per heavy atom. The lowest BCUT2D eigenvalue weighted by Gasteiger charge is -2.43. The highest BCUT2D eigenvalue weighted by atomic mass is 15.3. The van der Waals surface area contributed by atoms with Crippen molar-refractivity contribution in [2.45, 2.75) is 51.1 Å². The van der Waals surface area contributed by atoms with Crippen molar-refractivity contribution in [1.29, 1.82) is 0 Å². The van der Waals surface area contributed by atoms with Crippen LogP contribution in [0.25, 0.3) is 0 Å². The van der Waals surface area contributed by atoms with E-state index in [1.807, 2.05) is 0 Å². The maximum absolute atomic E-state index is 2.77. The number of fused-ring (bicyclic) bond motifs is 1. The molecule has 2 saturated heterocycles. The van der Waals surface area contributed by atoms with Gasteiger partial charge in [0.05, 0.1) is 0 Å². The molecule has 0 bridgehead atoms. The topological polar surface area (TPSA) is 6.48 Å². The molecule has 0 spiro atoms. The van der Waals surface area contributed by atoms with Gasteiger partial charge >= 0.3 is 0 Å². The molecule has 0 radical (unpaired) electrons. The molecule has 0 saturated carbocycles. The molecule has 3 rings (SSSR count). The van der Waals surface area contributed by atoms with Gasteiger partial charge in [-0.2, -0.15) is 0 Å². The summed E-state index contributed by atoms with van der Waals surface area (Å²) in [5, 5.41) is 0. The van der Waals surface area contributed by atoms with Crippen molar-refractivity contribution in [1.82, 2.24) is 9.80 Å². The van der Waals surface area contributed by atoms with Gasteiger partial charge in [0.1, 0.15) is 0 Å². The monoisotopic (exact) mass is 272 g/mol. The van der Waals surface area contributed by atoms with Gasteiger partial charge in [-0.25, -0.2) is 0 Å². The minimum atomic E-state index is 0.792. The van der Waals surface area contributed by atoms with E-state index in [1.54, 1.807) is 0 Å². The van der Waals surface area contributed by atoms with Gasteiger partial charge in [0.15, 0.2) is 0 Å². The summed E-state index contributed by atoms with van der Waals surface area (Å²) in [4.78, 5) is 5.51. The summed E-state index contributed by atoms with van der Waals surface area (Å²) < 4.78 is 0. The predicted octanol–water partition coefficient (Wildman–Crippen LogP) is 3.18. The van der Waals surface area contributed by atoms with Gasteiger partial charge in [0.2, 0.25) is 0 Å². The van der Waals surface area contributed by atoms with Crippen molar-refractivity contribution in [2.75, 3.05) is 26.2 Å². The average molecular weight is 272 g/mol. The third-order valence-electron chi connectivity index (χ3n) is 5.13. The molecular weight excluding hydrogens is 244 g/mol. The number of piperazine rings is 1. The first-order valence-electron chi connectivity index (χ1n) is 8.39. The molecule has 2 unspecified atom stereocenters. The molecule has 0 aromatic heterocycles. The van der Waals surface area contributed by atoms with Crippen LogP contribution in [-0.4, -0.2) is 48.1 Å². The van der Waals surface area contributed by atoms with Crippen LogP contribution in [0, 0.1) is 0 Å².